The molecule has 0 unspecified atom stereocenters. The van der Waals surface area contributed by atoms with Crippen molar-refractivity contribution in [1.82, 2.24) is 10.6 Å². The molecule has 6 heteroatoms. The number of nitrogens with two attached hydrogens (primary N) is 1. The van der Waals surface area contributed by atoms with Gasteiger partial charge in [-0.2, -0.15) is 0 Å². The molecule has 120 valence electrons. The van der Waals surface area contributed by atoms with Crippen LogP contribution in [0.4, 0.5) is 4.79 Å². The van der Waals surface area contributed by atoms with E-state index in [4.69, 9.17) is 17.3 Å². The van der Waals surface area contributed by atoms with Gasteiger partial charge in [-0.1, -0.05) is 60.1 Å². The third-order valence-electron chi connectivity index (χ3n) is 3.43. The molecular formula is C17H18ClN3O2. The molecule has 0 radical (unpaired) electrons. The standard InChI is InChI=1S/C17H18ClN3O2/c1-11(13-9-5-6-10-14(13)18)20-15(16(22)21-17(19)23)12-7-3-2-4-8-12/h2-11,15,20H,1H3,(H3,19,21,22,23)/t11-,15-/m1/s1. The summed E-state index contributed by atoms with van der Waals surface area (Å²) >= 11 is 6.20. The minimum absolute atomic E-state index is 0.201. The second-order valence-electron chi connectivity index (χ2n) is 5.11. The van der Waals surface area contributed by atoms with Gasteiger partial charge in [0.05, 0.1) is 0 Å². The summed E-state index contributed by atoms with van der Waals surface area (Å²) in [6.07, 6.45) is 0. The van der Waals surface area contributed by atoms with Crippen molar-refractivity contribution in [2.75, 3.05) is 0 Å². The van der Waals surface area contributed by atoms with Gasteiger partial charge < -0.3 is 5.73 Å². The van der Waals surface area contributed by atoms with Gasteiger partial charge in [-0.3, -0.25) is 15.4 Å². The van der Waals surface area contributed by atoms with Gasteiger partial charge in [0.25, 0.3) is 0 Å². The number of hydrogen-bond donors (Lipinski definition) is 3. The first-order valence-corrected chi connectivity index (χ1v) is 7.52. The van der Waals surface area contributed by atoms with Gasteiger partial charge >= 0.3 is 6.03 Å². The predicted octanol–water partition coefficient (Wildman–Crippen LogP) is 2.93. The number of amides is 3. The van der Waals surface area contributed by atoms with Crippen LogP contribution in [0.25, 0.3) is 0 Å². The minimum atomic E-state index is -0.886. The first-order chi connectivity index (χ1) is 11.0. The molecule has 0 saturated carbocycles. The molecule has 0 aromatic heterocycles. The smallest absolute Gasteiger partial charge is 0.318 e. The number of rotatable bonds is 5. The normalized spacial score (nSPS) is 13.1. The number of nitrogens with one attached hydrogen (secondary N) is 2. The highest BCUT2D eigenvalue weighted by Gasteiger charge is 2.24. The van der Waals surface area contributed by atoms with Crippen LogP contribution in [-0.4, -0.2) is 11.9 Å². The Labute approximate surface area is 139 Å². The molecule has 0 bridgehead atoms. The zero-order valence-electron chi connectivity index (χ0n) is 12.6. The van der Waals surface area contributed by atoms with Crippen LogP contribution in [0.5, 0.6) is 0 Å². The maximum atomic E-state index is 12.3. The molecule has 2 atom stereocenters. The van der Waals surface area contributed by atoms with E-state index in [-0.39, 0.29) is 6.04 Å². The first-order valence-electron chi connectivity index (χ1n) is 7.14. The molecule has 2 rings (SSSR count). The number of hydrogen-bond acceptors (Lipinski definition) is 3. The van der Waals surface area contributed by atoms with Crippen molar-refractivity contribution in [2.45, 2.75) is 19.0 Å². The van der Waals surface area contributed by atoms with E-state index in [0.29, 0.717) is 5.02 Å². The third kappa shape index (κ3) is 4.55. The van der Waals surface area contributed by atoms with Crippen molar-refractivity contribution in [2.24, 2.45) is 5.73 Å². The molecule has 2 aromatic rings. The SMILES string of the molecule is C[C@@H](N[C@@H](C(=O)NC(N)=O)c1ccccc1)c1ccccc1Cl. The molecule has 2 aromatic carbocycles. The van der Waals surface area contributed by atoms with Crippen molar-refractivity contribution in [3.05, 3.63) is 70.7 Å². The highest BCUT2D eigenvalue weighted by atomic mass is 35.5. The van der Waals surface area contributed by atoms with Gasteiger partial charge in [0.1, 0.15) is 6.04 Å². The number of urea groups is 1. The average molecular weight is 332 g/mol. The summed E-state index contributed by atoms with van der Waals surface area (Å²) in [6.45, 7) is 1.90. The molecule has 5 nitrogen and oxygen atoms in total. The largest absolute Gasteiger partial charge is 0.351 e. The Kier molecular flexibility index (Phi) is 5.73. The number of carbonyl (C=O) groups excluding carboxylic acids is 2. The van der Waals surface area contributed by atoms with Crippen LogP contribution < -0.4 is 16.4 Å². The summed E-state index contributed by atoms with van der Waals surface area (Å²) in [7, 11) is 0. The lowest BCUT2D eigenvalue weighted by atomic mass is 10.0. The minimum Gasteiger partial charge on any atom is -0.351 e. The Hall–Kier alpha value is -2.37. The number of imide groups is 1. The second kappa shape index (κ2) is 7.76. The molecule has 0 spiro atoms. The molecule has 23 heavy (non-hydrogen) atoms. The van der Waals surface area contributed by atoms with Gasteiger partial charge in [0.15, 0.2) is 0 Å². The quantitative estimate of drug-likeness (QED) is 0.787. The van der Waals surface area contributed by atoms with E-state index >= 15 is 0 Å². The van der Waals surface area contributed by atoms with E-state index in [1.165, 1.54) is 0 Å². The van der Waals surface area contributed by atoms with Crippen LogP contribution in [0.3, 0.4) is 0 Å². The summed E-state index contributed by atoms with van der Waals surface area (Å²) in [4.78, 5) is 23.3. The van der Waals surface area contributed by atoms with E-state index in [2.05, 4.69) is 10.6 Å². The van der Waals surface area contributed by atoms with Crippen LogP contribution in [0.15, 0.2) is 54.6 Å². The lowest BCUT2D eigenvalue weighted by Crippen LogP contribution is -2.43. The predicted molar refractivity (Wildman–Crippen MR) is 89.9 cm³/mol. The maximum absolute atomic E-state index is 12.3. The zero-order chi connectivity index (χ0) is 16.8. The molecule has 0 aliphatic heterocycles. The first kappa shape index (κ1) is 17.0. The van der Waals surface area contributed by atoms with Crippen LogP contribution in [0.1, 0.15) is 30.1 Å². The second-order valence-corrected chi connectivity index (χ2v) is 5.51. The van der Waals surface area contributed by atoms with Crippen molar-refractivity contribution in [1.29, 1.82) is 0 Å². The molecule has 0 fully saturated rings. The lowest BCUT2D eigenvalue weighted by molar-refractivity contribution is -0.122. The number of carbonyl (C=O) groups is 2. The van der Waals surface area contributed by atoms with E-state index in [1.807, 2.05) is 43.3 Å². The molecule has 0 aliphatic carbocycles. The van der Waals surface area contributed by atoms with Crippen molar-refractivity contribution in [3.8, 4) is 0 Å². The Bertz CT molecular complexity index is 691. The molecular weight excluding hydrogens is 314 g/mol. The Morgan fingerprint density at radius 3 is 2.26 bits per heavy atom. The van der Waals surface area contributed by atoms with Gasteiger partial charge in [0, 0.05) is 11.1 Å². The summed E-state index contributed by atoms with van der Waals surface area (Å²) in [5, 5.41) is 5.91. The zero-order valence-corrected chi connectivity index (χ0v) is 13.4. The van der Waals surface area contributed by atoms with E-state index in [1.54, 1.807) is 18.2 Å². The van der Waals surface area contributed by atoms with Gasteiger partial charge in [-0.25, -0.2) is 4.79 Å². The summed E-state index contributed by atoms with van der Waals surface area (Å²) in [5.74, 6) is -0.511. The fraction of sp³-hybridized carbons (Fsp3) is 0.176. The Morgan fingerprint density at radius 2 is 1.65 bits per heavy atom. The van der Waals surface area contributed by atoms with Crippen LogP contribution in [-0.2, 0) is 4.79 Å². The van der Waals surface area contributed by atoms with E-state index < -0.39 is 18.0 Å². The van der Waals surface area contributed by atoms with Crippen LogP contribution in [0.2, 0.25) is 5.02 Å². The van der Waals surface area contributed by atoms with Crippen molar-refractivity contribution < 1.29 is 9.59 Å². The van der Waals surface area contributed by atoms with Gasteiger partial charge in [0.2, 0.25) is 5.91 Å². The van der Waals surface area contributed by atoms with Crippen LogP contribution in [0, 0.1) is 0 Å². The highest BCUT2D eigenvalue weighted by molar-refractivity contribution is 6.31. The fourth-order valence-corrected chi connectivity index (χ4v) is 2.63. The molecule has 0 saturated heterocycles. The summed E-state index contributed by atoms with van der Waals surface area (Å²) in [6, 6.07) is 14.7. The monoisotopic (exact) mass is 331 g/mol. The number of halogens is 1. The maximum Gasteiger partial charge on any atom is 0.318 e. The number of benzene rings is 2. The topological polar surface area (TPSA) is 84.2 Å². The Morgan fingerprint density at radius 1 is 1.04 bits per heavy atom. The van der Waals surface area contributed by atoms with Gasteiger partial charge in [-0.05, 0) is 24.1 Å². The van der Waals surface area contributed by atoms with Crippen molar-refractivity contribution >= 4 is 23.5 Å². The fourth-order valence-electron chi connectivity index (χ4n) is 2.33. The van der Waals surface area contributed by atoms with E-state index in [0.717, 1.165) is 11.1 Å². The molecule has 4 N–H and O–H groups in total. The van der Waals surface area contributed by atoms with Crippen molar-refractivity contribution in [3.63, 3.8) is 0 Å². The third-order valence-corrected chi connectivity index (χ3v) is 3.77. The lowest BCUT2D eigenvalue weighted by Gasteiger charge is -2.23. The van der Waals surface area contributed by atoms with Crippen LogP contribution >= 0.6 is 11.6 Å². The molecule has 0 aliphatic rings. The molecule has 3 amide bonds. The average Bonchev–Trinajstić information content (AvgIpc) is 2.53. The highest BCUT2D eigenvalue weighted by Crippen LogP contribution is 2.25. The number of primary amides is 1. The summed E-state index contributed by atoms with van der Waals surface area (Å²) < 4.78 is 0. The molecule has 0 heterocycles. The Balaban J connectivity index is 2.26. The summed E-state index contributed by atoms with van der Waals surface area (Å²) in [5.41, 5.74) is 6.65. The van der Waals surface area contributed by atoms with Gasteiger partial charge in [-0.15, -0.1) is 0 Å². The van der Waals surface area contributed by atoms with E-state index in [9.17, 15) is 9.59 Å².